The van der Waals surface area contributed by atoms with Gasteiger partial charge < -0.3 is 20.3 Å². The van der Waals surface area contributed by atoms with Gasteiger partial charge in [-0.05, 0) is 69.8 Å². The maximum atomic E-state index is 13.1. The molecular formula is C20H31N3O2. The van der Waals surface area contributed by atoms with Crippen LogP contribution in [0.4, 0.5) is 0 Å². The van der Waals surface area contributed by atoms with Gasteiger partial charge >= 0.3 is 0 Å². The Kier molecular flexibility index (Phi) is 6.32. The van der Waals surface area contributed by atoms with E-state index in [1.54, 1.807) is 0 Å². The Morgan fingerprint density at radius 2 is 1.96 bits per heavy atom. The number of carbonyl (C=O) groups is 1. The van der Waals surface area contributed by atoms with Crippen molar-refractivity contribution in [3.05, 3.63) is 29.3 Å². The van der Waals surface area contributed by atoms with Crippen molar-refractivity contribution >= 4 is 5.91 Å². The molecule has 2 aliphatic heterocycles. The molecule has 0 aromatic heterocycles. The molecule has 3 rings (SSSR count). The van der Waals surface area contributed by atoms with Gasteiger partial charge in [-0.3, -0.25) is 4.79 Å². The summed E-state index contributed by atoms with van der Waals surface area (Å²) in [4.78, 5) is 17.8. The molecule has 0 radical (unpaired) electrons. The van der Waals surface area contributed by atoms with Gasteiger partial charge in [0.2, 0.25) is 0 Å². The van der Waals surface area contributed by atoms with E-state index in [1.165, 1.54) is 32.4 Å². The first-order valence-electron chi connectivity index (χ1n) is 9.66. The van der Waals surface area contributed by atoms with E-state index < -0.39 is 0 Å². The smallest absolute Gasteiger partial charge is 0.254 e. The zero-order chi connectivity index (χ0) is 17.6. The van der Waals surface area contributed by atoms with E-state index in [9.17, 15) is 4.79 Å². The Morgan fingerprint density at radius 1 is 1.20 bits per heavy atom. The van der Waals surface area contributed by atoms with Gasteiger partial charge in [0.1, 0.15) is 12.4 Å². The van der Waals surface area contributed by atoms with Gasteiger partial charge in [0.15, 0.2) is 0 Å². The van der Waals surface area contributed by atoms with Crippen LogP contribution in [0, 0.1) is 6.92 Å². The second-order valence-electron chi connectivity index (χ2n) is 7.27. The van der Waals surface area contributed by atoms with Crippen LogP contribution in [0.15, 0.2) is 18.2 Å². The van der Waals surface area contributed by atoms with Crippen LogP contribution in [-0.2, 0) is 0 Å². The van der Waals surface area contributed by atoms with E-state index in [2.05, 4.69) is 9.80 Å². The fourth-order valence-corrected chi connectivity index (χ4v) is 3.94. The third-order valence-corrected chi connectivity index (χ3v) is 5.37. The van der Waals surface area contributed by atoms with Crippen molar-refractivity contribution in [1.29, 1.82) is 0 Å². The summed E-state index contributed by atoms with van der Waals surface area (Å²) in [6, 6.07) is 6.12. The molecule has 1 amide bonds. The molecule has 25 heavy (non-hydrogen) atoms. The van der Waals surface area contributed by atoms with Crippen molar-refractivity contribution in [2.75, 3.05) is 39.3 Å². The van der Waals surface area contributed by atoms with Gasteiger partial charge in [0.25, 0.3) is 5.91 Å². The van der Waals surface area contributed by atoms with E-state index >= 15 is 0 Å². The highest BCUT2D eigenvalue weighted by molar-refractivity contribution is 5.95. The quantitative estimate of drug-likeness (QED) is 0.860. The highest BCUT2D eigenvalue weighted by Gasteiger charge is 2.29. The molecule has 5 nitrogen and oxygen atoms in total. The number of nitrogens with two attached hydrogens (primary N) is 1. The molecule has 0 bridgehead atoms. The van der Waals surface area contributed by atoms with E-state index in [0.717, 1.165) is 42.8 Å². The maximum Gasteiger partial charge on any atom is 0.254 e. The minimum atomic E-state index is 0.140. The SMILES string of the molecule is Cc1ccc(C(=O)N2CCCCC2CN2CCCC2)cc1OCCN. The van der Waals surface area contributed by atoms with E-state index in [-0.39, 0.29) is 5.91 Å². The molecule has 1 aromatic rings. The summed E-state index contributed by atoms with van der Waals surface area (Å²) in [7, 11) is 0. The summed E-state index contributed by atoms with van der Waals surface area (Å²) < 4.78 is 5.69. The summed E-state index contributed by atoms with van der Waals surface area (Å²) in [5, 5.41) is 0. The van der Waals surface area contributed by atoms with Crippen molar-refractivity contribution in [3.8, 4) is 5.75 Å². The number of hydrogen-bond donors (Lipinski definition) is 1. The first-order valence-corrected chi connectivity index (χ1v) is 9.66. The van der Waals surface area contributed by atoms with Crippen LogP contribution in [0.2, 0.25) is 0 Å². The van der Waals surface area contributed by atoms with E-state index in [4.69, 9.17) is 10.5 Å². The van der Waals surface area contributed by atoms with Crippen LogP contribution in [0.3, 0.4) is 0 Å². The number of rotatable bonds is 6. The minimum absolute atomic E-state index is 0.140. The van der Waals surface area contributed by atoms with E-state index in [1.807, 2.05) is 25.1 Å². The first-order chi connectivity index (χ1) is 12.2. The third-order valence-electron chi connectivity index (χ3n) is 5.37. The van der Waals surface area contributed by atoms with Gasteiger partial charge in [-0.25, -0.2) is 0 Å². The summed E-state index contributed by atoms with van der Waals surface area (Å²) >= 11 is 0. The normalized spacial score (nSPS) is 21.5. The Labute approximate surface area is 151 Å². The Bertz CT molecular complexity index is 584. The summed E-state index contributed by atoms with van der Waals surface area (Å²) in [6.07, 6.45) is 6.03. The summed E-state index contributed by atoms with van der Waals surface area (Å²) in [5.41, 5.74) is 7.30. The Morgan fingerprint density at radius 3 is 2.72 bits per heavy atom. The average Bonchev–Trinajstić information content (AvgIpc) is 3.14. The number of piperidine rings is 1. The number of likely N-dealkylation sites (tertiary alicyclic amines) is 2. The van der Waals surface area contributed by atoms with Crippen molar-refractivity contribution in [2.24, 2.45) is 5.73 Å². The third kappa shape index (κ3) is 4.53. The fraction of sp³-hybridized carbons (Fsp3) is 0.650. The fourth-order valence-electron chi connectivity index (χ4n) is 3.94. The Balaban J connectivity index is 1.72. The maximum absolute atomic E-state index is 13.1. The number of nitrogens with zero attached hydrogens (tertiary/aromatic N) is 2. The summed E-state index contributed by atoms with van der Waals surface area (Å²) in [6.45, 7) is 7.19. The first kappa shape index (κ1) is 18.2. The van der Waals surface area contributed by atoms with Gasteiger partial charge in [-0.15, -0.1) is 0 Å². The highest BCUT2D eigenvalue weighted by atomic mass is 16.5. The van der Waals surface area contributed by atoms with Gasteiger partial charge in [-0.2, -0.15) is 0 Å². The standard InChI is InChI=1S/C20H31N3O2/c1-16-7-8-17(14-19(16)25-13-9-21)20(24)23-12-3-2-6-18(23)15-22-10-4-5-11-22/h7-8,14,18H,2-6,9-13,15,21H2,1H3. The number of benzene rings is 1. The molecule has 1 aromatic carbocycles. The van der Waals surface area contributed by atoms with Crippen LogP contribution in [-0.4, -0.2) is 61.1 Å². The topological polar surface area (TPSA) is 58.8 Å². The van der Waals surface area contributed by atoms with Gasteiger partial charge in [0.05, 0.1) is 0 Å². The van der Waals surface area contributed by atoms with Gasteiger partial charge in [0, 0.05) is 31.2 Å². The van der Waals surface area contributed by atoms with Crippen molar-refractivity contribution in [3.63, 3.8) is 0 Å². The predicted molar refractivity (Wildman–Crippen MR) is 100 cm³/mol. The van der Waals surface area contributed by atoms with Crippen LogP contribution in [0.1, 0.15) is 48.0 Å². The van der Waals surface area contributed by atoms with Crippen LogP contribution >= 0.6 is 0 Å². The number of ether oxygens (including phenoxy) is 1. The lowest BCUT2D eigenvalue weighted by atomic mass is 9.99. The molecular weight excluding hydrogens is 314 g/mol. The second-order valence-corrected chi connectivity index (χ2v) is 7.27. The molecule has 1 unspecified atom stereocenters. The number of aryl methyl sites for hydroxylation is 1. The molecule has 2 fully saturated rings. The average molecular weight is 345 g/mol. The number of amides is 1. The molecule has 138 valence electrons. The van der Waals surface area contributed by atoms with Crippen molar-refractivity contribution in [2.45, 2.75) is 45.1 Å². The monoisotopic (exact) mass is 345 g/mol. The molecule has 0 aliphatic carbocycles. The number of hydrogen-bond acceptors (Lipinski definition) is 4. The van der Waals surface area contributed by atoms with Gasteiger partial charge in [-0.1, -0.05) is 6.07 Å². The molecule has 2 aliphatic rings. The molecule has 5 heteroatoms. The Hall–Kier alpha value is -1.59. The van der Waals surface area contributed by atoms with Crippen molar-refractivity contribution in [1.82, 2.24) is 9.80 Å². The van der Waals surface area contributed by atoms with Crippen LogP contribution in [0.5, 0.6) is 5.75 Å². The molecule has 1 atom stereocenters. The van der Waals surface area contributed by atoms with Crippen LogP contribution in [0.25, 0.3) is 0 Å². The zero-order valence-electron chi connectivity index (χ0n) is 15.4. The molecule has 2 N–H and O–H groups in total. The van der Waals surface area contributed by atoms with Crippen LogP contribution < -0.4 is 10.5 Å². The lowest BCUT2D eigenvalue weighted by molar-refractivity contribution is 0.0560. The molecule has 2 heterocycles. The van der Waals surface area contributed by atoms with E-state index in [0.29, 0.717) is 19.2 Å². The zero-order valence-corrected chi connectivity index (χ0v) is 15.4. The summed E-state index contributed by atoms with van der Waals surface area (Å²) in [5.74, 6) is 0.908. The minimum Gasteiger partial charge on any atom is -0.492 e. The van der Waals surface area contributed by atoms with Crippen molar-refractivity contribution < 1.29 is 9.53 Å². The number of carbonyl (C=O) groups excluding carboxylic acids is 1. The molecule has 2 saturated heterocycles. The predicted octanol–water partition coefficient (Wildman–Crippen LogP) is 2.42. The lowest BCUT2D eigenvalue weighted by Gasteiger charge is -2.38. The second kappa shape index (κ2) is 8.68. The highest BCUT2D eigenvalue weighted by Crippen LogP contribution is 2.25. The molecule has 0 spiro atoms. The molecule has 0 saturated carbocycles. The largest absolute Gasteiger partial charge is 0.492 e. The lowest BCUT2D eigenvalue weighted by Crippen LogP contribution is -2.49.